The molecule has 6 rings (SSSR count). The zero-order valence-corrected chi connectivity index (χ0v) is 22.7. The number of H-pyrrole nitrogens is 1. The first kappa shape index (κ1) is 27.4. The van der Waals surface area contributed by atoms with Crippen molar-refractivity contribution in [2.24, 2.45) is 17.1 Å². The Labute approximate surface area is 239 Å². The van der Waals surface area contributed by atoms with Crippen LogP contribution in [-0.2, 0) is 29.6 Å². The molecule has 0 bridgehead atoms. The lowest BCUT2D eigenvalue weighted by Crippen LogP contribution is -2.56. The van der Waals surface area contributed by atoms with Gasteiger partial charge in [-0.05, 0) is 68.1 Å². The number of hydrogen-bond acceptors (Lipinski definition) is 10. The minimum Gasteiger partial charge on any atom is -0.465 e. The van der Waals surface area contributed by atoms with Gasteiger partial charge in [0.05, 0.1) is 48.8 Å². The number of esters is 1. The van der Waals surface area contributed by atoms with Gasteiger partial charge in [0.15, 0.2) is 5.82 Å². The van der Waals surface area contributed by atoms with Crippen LogP contribution in [0.15, 0.2) is 61.1 Å². The third kappa shape index (κ3) is 5.43. The van der Waals surface area contributed by atoms with E-state index in [1.165, 1.54) is 12.1 Å². The summed E-state index contributed by atoms with van der Waals surface area (Å²) in [6.07, 6.45) is 6.89. The number of ether oxygens (including phenoxy) is 3. The average molecular weight is 574 g/mol. The second kappa shape index (κ2) is 10.9. The molecule has 216 valence electrons. The van der Waals surface area contributed by atoms with Crippen molar-refractivity contribution in [1.29, 1.82) is 0 Å². The molecule has 1 aliphatic carbocycles. The monoisotopic (exact) mass is 573 g/mol. The van der Waals surface area contributed by atoms with Crippen LogP contribution in [0, 0.1) is 17.2 Å². The van der Waals surface area contributed by atoms with E-state index < -0.39 is 28.9 Å². The molecule has 1 aliphatic heterocycles. The molecule has 4 aromatic rings. The Bertz CT molecular complexity index is 1600. The highest BCUT2D eigenvalue weighted by atomic mass is 19.1. The van der Waals surface area contributed by atoms with Gasteiger partial charge in [-0.15, -0.1) is 0 Å². The van der Waals surface area contributed by atoms with Crippen LogP contribution in [0.5, 0.6) is 0 Å². The van der Waals surface area contributed by atoms with E-state index in [1.54, 1.807) is 49.8 Å². The molecule has 0 atom stereocenters. The summed E-state index contributed by atoms with van der Waals surface area (Å²) in [7, 11) is 0. The van der Waals surface area contributed by atoms with Gasteiger partial charge in [-0.3, -0.25) is 14.6 Å². The number of nitrogens with one attached hydrogen (secondary N) is 2. The molecule has 42 heavy (non-hydrogen) atoms. The first-order chi connectivity index (χ1) is 20.3. The fourth-order valence-corrected chi connectivity index (χ4v) is 4.43. The van der Waals surface area contributed by atoms with Gasteiger partial charge in [-0.2, -0.15) is 0 Å². The average Bonchev–Trinajstić information content (AvgIpc) is 3.73. The van der Waals surface area contributed by atoms with Crippen molar-refractivity contribution in [3.8, 4) is 22.6 Å². The Hall–Kier alpha value is -4.75. The van der Waals surface area contributed by atoms with Crippen LogP contribution in [-0.4, -0.2) is 56.6 Å². The summed E-state index contributed by atoms with van der Waals surface area (Å²) in [6.45, 7) is 1.58. The molecule has 1 saturated heterocycles. The summed E-state index contributed by atoms with van der Waals surface area (Å²) in [5, 5.41) is 3.08. The smallest absolute Gasteiger partial charge is 0.316 e. The first-order valence-electron chi connectivity index (χ1n) is 13.4. The van der Waals surface area contributed by atoms with Gasteiger partial charge >= 0.3 is 11.8 Å². The Kier molecular flexibility index (Phi) is 7.12. The number of anilines is 2. The molecule has 13 heteroatoms. The number of imidazole rings is 1. The van der Waals surface area contributed by atoms with Crippen LogP contribution in [0.1, 0.15) is 25.6 Å². The van der Waals surface area contributed by atoms with Gasteiger partial charge in [-0.1, -0.05) is 0 Å². The van der Waals surface area contributed by atoms with Gasteiger partial charge in [0.1, 0.15) is 11.2 Å². The highest BCUT2D eigenvalue weighted by molar-refractivity contribution is 5.85. The second-order valence-corrected chi connectivity index (χ2v) is 10.6. The molecule has 1 amide bonds. The van der Waals surface area contributed by atoms with Crippen molar-refractivity contribution in [3.63, 3.8) is 0 Å². The van der Waals surface area contributed by atoms with Crippen molar-refractivity contribution in [3.05, 3.63) is 72.7 Å². The number of halogens is 1. The fraction of sp³-hybridized carbons (Fsp3) is 0.310. The van der Waals surface area contributed by atoms with E-state index in [0.717, 1.165) is 12.8 Å². The van der Waals surface area contributed by atoms with E-state index in [4.69, 9.17) is 19.9 Å². The van der Waals surface area contributed by atoms with Crippen LogP contribution < -0.4 is 11.1 Å². The summed E-state index contributed by atoms with van der Waals surface area (Å²) >= 11 is 0. The minimum absolute atomic E-state index is 0.0573. The second-order valence-electron chi connectivity index (χ2n) is 10.6. The summed E-state index contributed by atoms with van der Waals surface area (Å²) in [4.78, 5) is 46.4. The molecule has 1 saturated carbocycles. The molecule has 12 nitrogen and oxygen atoms in total. The van der Waals surface area contributed by atoms with Gasteiger partial charge in [0, 0.05) is 18.0 Å². The molecule has 0 unspecified atom stereocenters. The molecule has 4 N–H and O–H groups in total. The molecular formula is C29H28FN7O5. The van der Waals surface area contributed by atoms with E-state index >= 15 is 0 Å². The van der Waals surface area contributed by atoms with Crippen molar-refractivity contribution >= 4 is 23.5 Å². The minimum atomic E-state index is -2.13. The van der Waals surface area contributed by atoms with Crippen LogP contribution >= 0.6 is 0 Å². The van der Waals surface area contributed by atoms with E-state index in [2.05, 4.69) is 30.2 Å². The Balaban J connectivity index is 1.35. The van der Waals surface area contributed by atoms with Crippen molar-refractivity contribution < 1.29 is 28.2 Å². The van der Waals surface area contributed by atoms with Gasteiger partial charge in [0.25, 0.3) is 5.91 Å². The van der Waals surface area contributed by atoms with Crippen LogP contribution in [0.2, 0.25) is 0 Å². The number of amides is 1. The number of nitrogens with two attached hydrogens (primary N) is 1. The van der Waals surface area contributed by atoms with E-state index in [9.17, 15) is 14.0 Å². The van der Waals surface area contributed by atoms with Crippen molar-refractivity contribution in [1.82, 2.24) is 24.9 Å². The van der Waals surface area contributed by atoms with E-state index in [0.29, 0.717) is 40.9 Å². The zero-order chi connectivity index (χ0) is 29.3. The quantitative estimate of drug-likeness (QED) is 0.252. The van der Waals surface area contributed by atoms with Gasteiger partial charge in [-0.25, -0.2) is 19.3 Å². The fourth-order valence-electron chi connectivity index (χ4n) is 4.43. The number of pyridine rings is 1. The maximum atomic E-state index is 13.8. The lowest BCUT2D eigenvalue weighted by Gasteiger charge is -2.40. The Morgan fingerprint density at radius 3 is 2.55 bits per heavy atom. The Morgan fingerprint density at radius 2 is 1.88 bits per heavy atom. The van der Waals surface area contributed by atoms with Crippen molar-refractivity contribution in [2.75, 3.05) is 25.1 Å². The molecule has 3 aromatic heterocycles. The van der Waals surface area contributed by atoms with E-state index in [1.807, 2.05) is 6.07 Å². The highest BCUT2D eigenvalue weighted by Crippen LogP contribution is 2.40. The summed E-state index contributed by atoms with van der Waals surface area (Å²) in [5.41, 5.74) is 6.98. The maximum absolute atomic E-state index is 13.8. The van der Waals surface area contributed by atoms with E-state index in [-0.39, 0.29) is 25.0 Å². The number of nitrogens with zero attached hydrogens (tertiary/aromatic N) is 4. The standard InChI is InChI=1S/C29H28FN7O5/c1-28(26(39)40-14-17-4-5-17)15-41-29(24(31)38,42-16-28)25-36-22(18-6-8-19(30)9-7-18)23(37-25)21-10-12-33-27(35-21)34-20-3-2-11-32-13-20/h2-3,6-13,17H,4-5,14-16H2,1H3,(H2,31,38)(H,36,37)(H,33,34,35). The summed E-state index contributed by atoms with van der Waals surface area (Å²) in [5.74, 6) is -3.40. The lowest BCUT2D eigenvalue weighted by atomic mass is 9.91. The summed E-state index contributed by atoms with van der Waals surface area (Å²) < 4.78 is 31.1. The third-order valence-electron chi connectivity index (χ3n) is 7.11. The van der Waals surface area contributed by atoms with Gasteiger partial charge < -0.3 is 30.2 Å². The predicted molar refractivity (Wildman–Crippen MR) is 147 cm³/mol. The number of aromatic nitrogens is 5. The molecule has 4 heterocycles. The zero-order valence-electron chi connectivity index (χ0n) is 22.7. The topological polar surface area (TPSA) is 167 Å². The third-order valence-corrected chi connectivity index (χ3v) is 7.11. The number of aromatic amines is 1. The first-order valence-corrected chi connectivity index (χ1v) is 13.4. The maximum Gasteiger partial charge on any atom is 0.316 e. The molecule has 0 radical (unpaired) electrons. The lowest BCUT2D eigenvalue weighted by molar-refractivity contribution is -0.293. The molecule has 2 fully saturated rings. The van der Waals surface area contributed by atoms with Crippen LogP contribution in [0.3, 0.4) is 0 Å². The highest BCUT2D eigenvalue weighted by Gasteiger charge is 2.54. The number of primary amides is 1. The SMILES string of the molecule is CC1(C(=O)OCC2CC2)COC(C(N)=O)(c2nc(-c3ccc(F)cc3)c(-c3ccnc(Nc4cccnc4)n3)[nH]2)OC1. The van der Waals surface area contributed by atoms with Crippen LogP contribution in [0.25, 0.3) is 22.6 Å². The molecular weight excluding hydrogens is 545 g/mol. The van der Waals surface area contributed by atoms with Crippen molar-refractivity contribution in [2.45, 2.75) is 25.6 Å². The van der Waals surface area contributed by atoms with Gasteiger partial charge in [0.2, 0.25) is 5.95 Å². The summed E-state index contributed by atoms with van der Waals surface area (Å²) in [6, 6.07) is 10.9. The number of carbonyl (C=O) groups excluding carboxylic acids is 2. The largest absolute Gasteiger partial charge is 0.465 e. The van der Waals surface area contributed by atoms with Crippen LogP contribution in [0.4, 0.5) is 16.0 Å². The Morgan fingerprint density at radius 1 is 1.12 bits per heavy atom. The molecule has 1 aromatic carbocycles. The number of benzene rings is 1. The molecule has 2 aliphatic rings. The predicted octanol–water partition coefficient (Wildman–Crippen LogP) is 3.46. The number of carbonyl (C=O) groups is 2. The number of rotatable bonds is 9. The number of hydrogen-bond donors (Lipinski definition) is 3. The normalized spacial score (nSPS) is 22.0. The molecule has 0 spiro atoms.